The Kier molecular flexibility index (Phi) is 6.63. The first-order valence-electron chi connectivity index (χ1n) is 10.2. The number of furan rings is 1. The number of hydrogen-bond acceptors (Lipinski definition) is 4. The Hall–Kier alpha value is -3.35. The third-order valence-electron chi connectivity index (χ3n) is 5.35. The van der Waals surface area contributed by atoms with Gasteiger partial charge in [0.1, 0.15) is 17.2 Å². The highest BCUT2D eigenvalue weighted by atomic mass is 19.1. The molecule has 2 N–H and O–H groups in total. The summed E-state index contributed by atoms with van der Waals surface area (Å²) in [6.07, 6.45) is -0.0985. The lowest BCUT2D eigenvalue weighted by Gasteiger charge is -2.23. The maximum atomic E-state index is 13.7. The summed E-state index contributed by atoms with van der Waals surface area (Å²) in [6, 6.07) is 11.4. The Morgan fingerprint density at radius 2 is 1.84 bits per heavy atom. The van der Waals surface area contributed by atoms with E-state index in [0.717, 1.165) is 22.4 Å². The topological polar surface area (TPSA) is 82.8 Å². The molecule has 3 rings (SSSR count). The molecule has 7 heteroatoms. The van der Waals surface area contributed by atoms with Crippen LogP contribution in [-0.4, -0.2) is 35.5 Å². The largest absolute Gasteiger partial charge is 0.481 e. The molecule has 0 radical (unpaired) electrons. The molecule has 1 heterocycles. The molecular formula is C24H27FN2O4. The standard InChI is InChI=1S/C24H27FN2O4/c1-14(2)22(23-15(3)19-13-17(25)7-10-20(19)31-23)26-18-8-5-16(6-9-18)24(30)27(4)12-11-21(28)29/h5-10,13-14,22,26H,11-12H2,1-4H3,(H,28,29). The van der Waals surface area contributed by atoms with Gasteiger partial charge in [-0.05, 0) is 55.3 Å². The fraction of sp³-hybridized carbons (Fsp3) is 0.333. The van der Waals surface area contributed by atoms with Crippen LogP contribution in [-0.2, 0) is 4.79 Å². The number of carbonyl (C=O) groups excluding carboxylic acids is 1. The number of nitrogens with zero attached hydrogens (tertiary/aromatic N) is 1. The van der Waals surface area contributed by atoms with Gasteiger partial charge in [-0.1, -0.05) is 13.8 Å². The Balaban J connectivity index is 1.79. The number of carbonyl (C=O) groups is 2. The summed E-state index contributed by atoms with van der Waals surface area (Å²) in [6.45, 7) is 6.21. The van der Waals surface area contributed by atoms with Gasteiger partial charge in [-0.3, -0.25) is 9.59 Å². The molecule has 0 saturated heterocycles. The van der Waals surface area contributed by atoms with Crippen LogP contribution in [0.1, 0.15) is 48.0 Å². The lowest BCUT2D eigenvalue weighted by atomic mass is 9.97. The van der Waals surface area contributed by atoms with E-state index < -0.39 is 5.97 Å². The summed E-state index contributed by atoms with van der Waals surface area (Å²) in [5.41, 5.74) is 2.84. The first-order chi connectivity index (χ1) is 14.7. The lowest BCUT2D eigenvalue weighted by Crippen LogP contribution is -2.29. The summed E-state index contributed by atoms with van der Waals surface area (Å²) in [4.78, 5) is 24.6. The van der Waals surface area contributed by atoms with Crippen LogP contribution >= 0.6 is 0 Å². The summed E-state index contributed by atoms with van der Waals surface area (Å²) >= 11 is 0. The number of halogens is 1. The molecule has 164 valence electrons. The van der Waals surface area contributed by atoms with Crippen LogP contribution in [0.25, 0.3) is 11.0 Å². The molecule has 31 heavy (non-hydrogen) atoms. The SMILES string of the molecule is Cc1c(C(Nc2ccc(C(=O)N(C)CCC(=O)O)cc2)C(C)C)oc2ccc(F)cc12. The highest BCUT2D eigenvalue weighted by Gasteiger charge is 2.24. The number of anilines is 1. The van der Waals surface area contributed by atoms with Crippen LogP contribution in [0.3, 0.4) is 0 Å². The Morgan fingerprint density at radius 3 is 2.45 bits per heavy atom. The Labute approximate surface area is 180 Å². The van der Waals surface area contributed by atoms with Crippen molar-refractivity contribution < 1.29 is 23.5 Å². The summed E-state index contributed by atoms with van der Waals surface area (Å²) in [7, 11) is 1.58. The maximum absolute atomic E-state index is 13.7. The van der Waals surface area contributed by atoms with Crippen molar-refractivity contribution in [1.82, 2.24) is 4.90 Å². The second-order valence-electron chi connectivity index (χ2n) is 8.05. The number of carboxylic acid groups (broad SMARTS) is 1. The van der Waals surface area contributed by atoms with Gasteiger partial charge in [0.2, 0.25) is 0 Å². The van der Waals surface area contributed by atoms with Crippen molar-refractivity contribution in [2.24, 2.45) is 5.92 Å². The fourth-order valence-corrected chi connectivity index (χ4v) is 3.52. The molecule has 0 bridgehead atoms. The molecule has 3 aromatic rings. The van der Waals surface area contributed by atoms with Crippen molar-refractivity contribution in [1.29, 1.82) is 0 Å². The van der Waals surface area contributed by atoms with Crippen molar-refractivity contribution >= 4 is 28.5 Å². The van der Waals surface area contributed by atoms with E-state index in [4.69, 9.17) is 9.52 Å². The molecule has 1 atom stereocenters. The quantitative estimate of drug-likeness (QED) is 0.515. The summed E-state index contributed by atoms with van der Waals surface area (Å²) in [5, 5.41) is 13.0. The van der Waals surface area contributed by atoms with Crippen LogP contribution in [0.5, 0.6) is 0 Å². The van der Waals surface area contributed by atoms with Gasteiger partial charge in [-0.15, -0.1) is 0 Å². The van der Waals surface area contributed by atoms with Crippen molar-refractivity contribution in [3.63, 3.8) is 0 Å². The molecule has 1 aromatic heterocycles. The van der Waals surface area contributed by atoms with Crippen LogP contribution in [0.2, 0.25) is 0 Å². The molecular weight excluding hydrogens is 399 g/mol. The molecule has 0 spiro atoms. The van der Waals surface area contributed by atoms with E-state index in [0.29, 0.717) is 11.1 Å². The Morgan fingerprint density at radius 1 is 1.16 bits per heavy atom. The molecule has 1 amide bonds. The van der Waals surface area contributed by atoms with Gasteiger partial charge in [-0.25, -0.2) is 4.39 Å². The van der Waals surface area contributed by atoms with Gasteiger partial charge >= 0.3 is 5.97 Å². The van der Waals surface area contributed by atoms with Crippen molar-refractivity contribution in [2.75, 3.05) is 18.9 Å². The van der Waals surface area contributed by atoms with E-state index in [1.54, 1.807) is 25.2 Å². The number of nitrogens with one attached hydrogen (secondary N) is 1. The van der Waals surface area contributed by atoms with Crippen molar-refractivity contribution in [3.8, 4) is 0 Å². The molecule has 0 fully saturated rings. The molecule has 2 aromatic carbocycles. The normalized spacial score (nSPS) is 12.2. The number of benzene rings is 2. The van der Waals surface area contributed by atoms with E-state index in [1.165, 1.54) is 17.0 Å². The van der Waals surface area contributed by atoms with Gasteiger partial charge in [-0.2, -0.15) is 0 Å². The molecule has 1 unspecified atom stereocenters. The predicted octanol–water partition coefficient (Wildman–Crippen LogP) is 5.24. The van der Waals surface area contributed by atoms with Gasteiger partial charge in [0.05, 0.1) is 12.5 Å². The minimum atomic E-state index is -0.942. The number of fused-ring (bicyclic) bond motifs is 1. The van der Waals surface area contributed by atoms with E-state index in [1.807, 2.05) is 19.1 Å². The lowest BCUT2D eigenvalue weighted by molar-refractivity contribution is -0.137. The van der Waals surface area contributed by atoms with E-state index in [-0.39, 0.29) is 36.6 Å². The van der Waals surface area contributed by atoms with Crippen LogP contribution in [0, 0.1) is 18.7 Å². The number of rotatable bonds is 8. The fourth-order valence-electron chi connectivity index (χ4n) is 3.52. The van der Waals surface area contributed by atoms with Gasteiger partial charge in [0.25, 0.3) is 5.91 Å². The first-order valence-corrected chi connectivity index (χ1v) is 10.2. The summed E-state index contributed by atoms with van der Waals surface area (Å²) < 4.78 is 19.7. The minimum Gasteiger partial charge on any atom is -0.481 e. The Bertz CT molecular complexity index is 1090. The molecule has 0 aliphatic rings. The first kappa shape index (κ1) is 22.3. The van der Waals surface area contributed by atoms with E-state index >= 15 is 0 Å². The van der Waals surface area contributed by atoms with Crippen LogP contribution < -0.4 is 5.32 Å². The number of carboxylic acids is 1. The predicted molar refractivity (Wildman–Crippen MR) is 118 cm³/mol. The zero-order chi connectivity index (χ0) is 22.7. The molecule has 6 nitrogen and oxygen atoms in total. The van der Waals surface area contributed by atoms with E-state index in [2.05, 4.69) is 19.2 Å². The van der Waals surface area contributed by atoms with E-state index in [9.17, 15) is 14.0 Å². The zero-order valence-corrected chi connectivity index (χ0v) is 18.1. The van der Waals surface area contributed by atoms with Crippen LogP contribution in [0.4, 0.5) is 10.1 Å². The number of aryl methyl sites for hydroxylation is 1. The van der Waals surface area contributed by atoms with Gasteiger partial charge < -0.3 is 19.7 Å². The van der Waals surface area contributed by atoms with Gasteiger partial charge in [0.15, 0.2) is 0 Å². The highest BCUT2D eigenvalue weighted by Crippen LogP contribution is 2.35. The zero-order valence-electron chi connectivity index (χ0n) is 18.1. The second kappa shape index (κ2) is 9.20. The maximum Gasteiger partial charge on any atom is 0.305 e. The smallest absolute Gasteiger partial charge is 0.305 e. The number of amides is 1. The third-order valence-corrected chi connectivity index (χ3v) is 5.35. The van der Waals surface area contributed by atoms with Crippen LogP contribution in [0.15, 0.2) is 46.9 Å². The number of hydrogen-bond donors (Lipinski definition) is 2. The van der Waals surface area contributed by atoms with Gasteiger partial charge in [0, 0.05) is 35.8 Å². The monoisotopic (exact) mass is 426 g/mol. The summed E-state index contributed by atoms with van der Waals surface area (Å²) in [5.74, 6) is -0.534. The highest BCUT2D eigenvalue weighted by molar-refractivity contribution is 5.94. The average molecular weight is 426 g/mol. The van der Waals surface area contributed by atoms with Crippen molar-refractivity contribution in [2.45, 2.75) is 33.2 Å². The second-order valence-corrected chi connectivity index (χ2v) is 8.05. The molecule has 0 aliphatic heterocycles. The average Bonchev–Trinajstić information content (AvgIpc) is 3.05. The molecule has 0 aliphatic carbocycles. The number of aliphatic carboxylic acids is 1. The molecule has 0 saturated carbocycles. The third kappa shape index (κ3) is 5.05. The van der Waals surface area contributed by atoms with Crippen molar-refractivity contribution in [3.05, 3.63) is 65.2 Å². The minimum absolute atomic E-state index is 0.0985.